The van der Waals surface area contributed by atoms with Crippen molar-refractivity contribution < 1.29 is 0 Å². The summed E-state index contributed by atoms with van der Waals surface area (Å²) in [7, 11) is -2.53. The first-order valence-electron chi connectivity index (χ1n) is 8.31. The van der Waals surface area contributed by atoms with Gasteiger partial charge < -0.3 is 0 Å². The first-order chi connectivity index (χ1) is 11.4. The molecule has 0 aliphatic heterocycles. The summed E-state index contributed by atoms with van der Waals surface area (Å²) in [5.41, 5.74) is 5.07. The van der Waals surface area contributed by atoms with Gasteiger partial charge in [0.15, 0.2) is 0 Å². The highest BCUT2D eigenvalue weighted by Gasteiger charge is 2.38. The van der Waals surface area contributed by atoms with Crippen molar-refractivity contribution in [3.63, 3.8) is 0 Å². The largest absolute Gasteiger partial charge is 0.247 e. The lowest BCUT2D eigenvalue weighted by molar-refractivity contribution is 1.39. The Bertz CT molecular complexity index is 776. The van der Waals surface area contributed by atoms with Crippen LogP contribution in [0, 0.1) is 27.7 Å². The van der Waals surface area contributed by atoms with E-state index in [9.17, 15) is 0 Å². The third-order valence-electron chi connectivity index (χ3n) is 4.41. The average Bonchev–Trinajstić information content (AvgIpc) is 2.53. The van der Waals surface area contributed by atoms with Crippen LogP contribution < -0.4 is 15.6 Å². The Kier molecular flexibility index (Phi) is 4.66. The zero-order valence-corrected chi connectivity index (χ0v) is 16.5. The highest BCUT2D eigenvalue weighted by Crippen LogP contribution is 2.16. The highest BCUT2D eigenvalue weighted by atomic mass is 35.6. The van der Waals surface area contributed by atoms with Crippen LogP contribution in [0.2, 0.25) is 0 Å². The summed E-state index contributed by atoms with van der Waals surface area (Å²) in [4.78, 5) is 0. The quantitative estimate of drug-likeness (QED) is 0.378. The summed E-state index contributed by atoms with van der Waals surface area (Å²) in [6.45, 7) is 8.59. The molecule has 3 aromatic rings. The van der Waals surface area contributed by atoms with Crippen molar-refractivity contribution in [1.29, 1.82) is 0 Å². The van der Waals surface area contributed by atoms with Gasteiger partial charge in [-0.2, -0.15) is 0 Å². The van der Waals surface area contributed by atoms with Crippen molar-refractivity contribution in [3.8, 4) is 0 Å². The second kappa shape index (κ2) is 6.58. The molecular formula is C22H23ClSi. The van der Waals surface area contributed by atoms with Crippen LogP contribution in [0.15, 0.2) is 66.7 Å². The average molecular weight is 351 g/mol. The predicted molar refractivity (Wildman–Crippen MR) is 109 cm³/mol. The van der Waals surface area contributed by atoms with Gasteiger partial charge in [0.25, 0.3) is 0 Å². The van der Waals surface area contributed by atoms with Crippen molar-refractivity contribution in [2.45, 2.75) is 27.7 Å². The molecule has 24 heavy (non-hydrogen) atoms. The van der Waals surface area contributed by atoms with E-state index in [4.69, 9.17) is 11.1 Å². The molecule has 0 amide bonds. The van der Waals surface area contributed by atoms with E-state index < -0.39 is 7.38 Å². The molecule has 0 aliphatic carbocycles. The van der Waals surface area contributed by atoms with Crippen LogP contribution in [0.4, 0.5) is 0 Å². The maximum Gasteiger partial charge on any atom is 0.247 e. The van der Waals surface area contributed by atoms with E-state index in [1.54, 1.807) is 0 Å². The Labute approximate surface area is 150 Å². The molecule has 0 atom stereocenters. The molecule has 0 heterocycles. The monoisotopic (exact) mass is 350 g/mol. The summed E-state index contributed by atoms with van der Waals surface area (Å²) in [5.74, 6) is 0. The van der Waals surface area contributed by atoms with E-state index >= 15 is 0 Å². The number of halogens is 1. The van der Waals surface area contributed by atoms with Crippen LogP contribution in [0.1, 0.15) is 22.3 Å². The molecule has 0 fully saturated rings. The number of benzene rings is 3. The molecule has 0 aliphatic rings. The number of hydrogen-bond acceptors (Lipinski definition) is 0. The second-order valence-corrected chi connectivity index (χ2v) is 11.5. The molecule has 0 spiro atoms. The maximum atomic E-state index is 7.54. The van der Waals surface area contributed by atoms with Gasteiger partial charge in [-0.3, -0.25) is 0 Å². The lowest BCUT2D eigenvalue weighted by Crippen LogP contribution is -2.63. The lowest BCUT2D eigenvalue weighted by atomic mass is 10.2. The molecule has 0 aromatic heterocycles. The SMILES string of the molecule is Cc1cc(C)cc([Si](Cl)(c2ccccc2)c2cc(C)cc(C)c2)c1. The third-order valence-corrected chi connectivity index (χ3v) is 9.67. The molecule has 122 valence electrons. The van der Waals surface area contributed by atoms with Gasteiger partial charge in [-0.1, -0.05) is 89.0 Å². The summed E-state index contributed by atoms with van der Waals surface area (Å²) in [6.07, 6.45) is 0. The molecule has 0 unspecified atom stereocenters. The van der Waals surface area contributed by atoms with E-state index in [2.05, 4.69) is 94.4 Å². The number of hydrogen-bond donors (Lipinski definition) is 0. The van der Waals surface area contributed by atoms with E-state index in [1.165, 1.54) is 37.8 Å². The number of aryl methyl sites for hydroxylation is 4. The summed E-state index contributed by atoms with van der Waals surface area (Å²) in [6, 6.07) is 24.0. The minimum atomic E-state index is -2.53. The molecule has 0 radical (unpaired) electrons. The van der Waals surface area contributed by atoms with Gasteiger partial charge in [0.05, 0.1) is 0 Å². The van der Waals surface area contributed by atoms with Crippen LogP contribution in [0.25, 0.3) is 0 Å². The van der Waals surface area contributed by atoms with Crippen molar-refractivity contribution in [2.24, 2.45) is 0 Å². The predicted octanol–water partition coefficient (Wildman–Crippen LogP) is 4.13. The maximum absolute atomic E-state index is 7.54. The van der Waals surface area contributed by atoms with E-state index in [-0.39, 0.29) is 0 Å². The van der Waals surface area contributed by atoms with Crippen LogP contribution in [-0.4, -0.2) is 7.38 Å². The van der Waals surface area contributed by atoms with Crippen LogP contribution in [0.5, 0.6) is 0 Å². The zero-order valence-electron chi connectivity index (χ0n) is 14.7. The molecule has 0 N–H and O–H groups in total. The Hall–Kier alpha value is -1.83. The Morgan fingerprint density at radius 2 is 0.917 bits per heavy atom. The van der Waals surface area contributed by atoms with Crippen LogP contribution in [0.3, 0.4) is 0 Å². The Morgan fingerprint density at radius 3 is 1.29 bits per heavy atom. The number of rotatable bonds is 3. The topological polar surface area (TPSA) is 0 Å². The molecule has 3 rings (SSSR count). The fraction of sp³-hybridized carbons (Fsp3) is 0.182. The van der Waals surface area contributed by atoms with Crippen LogP contribution >= 0.6 is 11.1 Å². The van der Waals surface area contributed by atoms with Crippen LogP contribution in [-0.2, 0) is 0 Å². The molecule has 3 aromatic carbocycles. The highest BCUT2D eigenvalue weighted by molar-refractivity contribution is 7.40. The minimum absolute atomic E-state index is 1.24. The second-order valence-electron chi connectivity index (χ2n) is 6.78. The van der Waals surface area contributed by atoms with Gasteiger partial charge in [-0.25, -0.2) is 0 Å². The molecule has 0 saturated carbocycles. The van der Waals surface area contributed by atoms with Crippen molar-refractivity contribution >= 4 is 34.0 Å². The normalized spacial score (nSPS) is 11.5. The summed E-state index contributed by atoms with van der Waals surface area (Å²) in [5, 5.41) is 3.76. The van der Waals surface area contributed by atoms with Gasteiger partial charge in [0, 0.05) is 0 Å². The Morgan fingerprint density at radius 1 is 0.542 bits per heavy atom. The Balaban J connectivity index is 2.33. The van der Waals surface area contributed by atoms with E-state index in [1.807, 2.05) is 0 Å². The minimum Gasteiger partial charge on any atom is -0.149 e. The van der Waals surface area contributed by atoms with E-state index in [0.717, 1.165) is 0 Å². The van der Waals surface area contributed by atoms with Gasteiger partial charge in [0.2, 0.25) is 7.38 Å². The van der Waals surface area contributed by atoms with Gasteiger partial charge >= 0.3 is 0 Å². The first-order valence-corrected chi connectivity index (χ1v) is 11.3. The standard InChI is InChI=1S/C22H23ClSi/c1-16-10-17(2)13-21(12-16)24(23,20-8-6-5-7-9-20)22-14-18(3)11-19(4)15-22/h5-15H,1-4H3. The van der Waals surface area contributed by atoms with Gasteiger partial charge in [0.1, 0.15) is 0 Å². The van der Waals surface area contributed by atoms with Crippen molar-refractivity contribution in [1.82, 2.24) is 0 Å². The van der Waals surface area contributed by atoms with Crippen molar-refractivity contribution in [3.05, 3.63) is 89.0 Å². The van der Waals surface area contributed by atoms with Gasteiger partial charge in [-0.15, -0.1) is 11.1 Å². The fourth-order valence-electron chi connectivity index (χ4n) is 3.51. The summed E-state index contributed by atoms with van der Waals surface area (Å²) < 4.78 is 0. The summed E-state index contributed by atoms with van der Waals surface area (Å²) >= 11 is 7.54. The van der Waals surface area contributed by atoms with Gasteiger partial charge in [-0.05, 0) is 43.3 Å². The molecule has 0 saturated heterocycles. The van der Waals surface area contributed by atoms with E-state index in [0.29, 0.717) is 0 Å². The van der Waals surface area contributed by atoms with Crippen molar-refractivity contribution in [2.75, 3.05) is 0 Å². The smallest absolute Gasteiger partial charge is 0.149 e. The molecule has 2 heteroatoms. The molecule has 0 nitrogen and oxygen atoms in total. The molecular weight excluding hydrogens is 328 g/mol. The fourth-order valence-corrected chi connectivity index (χ4v) is 7.91. The first kappa shape index (κ1) is 17.0. The zero-order chi connectivity index (χ0) is 17.3. The lowest BCUT2D eigenvalue weighted by Gasteiger charge is -2.28. The molecule has 0 bridgehead atoms. The third kappa shape index (κ3) is 3.19.